The Balaban J connectivity index is 1.36. The number of hydrogen-bond acceptors (Lipinski definition) is 5. The van der Waals surface area contributed by atoms with E-state index in [1.165, 1.54) is 0 Å². The quantitative estimate of drug-likeness (QED) is 0.227. The Morgan fingerprint density at radius 1 is 0.641 bits per heavy atom. The highest BCUT2D eigenvalue weighted by Gasteiger charge is 2.74. The Kier molecular flexibility index (Phi) is 5.30. The number of halogens is 1. The van der Waals surface area contributed by atoms with Crippen LogP contribution in [-0.2, 0) is 14.3 Å². The Hall–Kier alpha value is -4.20. The van der Waals surface area contributed by atoms with Gasteiger partial charge in [0.05, 0.1) is 23.6 Å². The molecule has 2 amide bonds. The Labute approximate surface area is 232 Å². The molecule has 4 aromatic carbocycles. The summed E-state index contributed by atoms with van der Waals surface area (Å²) in [5.41, 5.74) is 1.33. The summed E-state index contributed by atoms with van der Waals surface area (Å²) >= 11 is 3.38. The van der Waals surface area contributed by atoms with Crippen LogP contribution in [-0.4, -0.2) is 29.0 Å². The molecule has 190 valence electrons. The van der Waals surface area contributed by atoms with E-state index in [1.807, 2.05) is 54.6 Å². The lowest BCUT2D eigenvalue weighted by molar-refractivity contribution is -0.127. The highest BCUT2D eigenvalue weighted by molar-refractivity contribution is 9.10. The Bertz CT molecular complexity index is 1650. The molecule has 0 N–H and O–H groups in total. The first-order valence-electron chi connectivity index (χ1n) is 12.6. The van der Waals surface area contributed by atoms with Gasteiger partial charge in [-0.15, -0.1) is 0 Å². The monoisotopic (exact) mass is 577 g/mol. The van der Waals surface area contributed by atoms with Crippen molar-refractivity contribution in [1.29, 1.82) is 0 Å². The van der Waals surface area contributed by atoms with Crippen molar-refractivity contribution in [3.63, 3.8) is 0 Å². The lowest BCUT2D eigenvalue weighted by Gasteiger charge is -2.27. The number of rotatable bonds is 3. The van der Waals surface area contributed by atoms with Crippen molar-refractivity contribution < 1.29 is 23.9 Å². The van der Waals surface area contributed by atoms with E-state index in [0.29, 0.717) is 11.3 Å². The average molecular weight is 578 g/mol. The number of carbonyl (C=O) groups excluding carboxylic acids is 4. The van der Waals surface area contributed by atoms with E-state index in [-0.39, 0.29) is 11.1 Å². The number of imide groups is 1. The smallest absolute Gasteiger partial charge is 0.241 e. The van der Waals surface area contributed by atoms with Gasteiger partial charge in [-0.1, -0.05) is 94.8 Å². The van der Waals surface area contributed by atoms with Gasteiger partial charge in [0.25, 0.3) is 0 Å². The van der Waals surface area contributed by atoms with Crippen LogP contribution in [0.15, 0.2) is 108 Å². The van der Waals surface area contributed by atoms with Gasteiger partial charge in [0.1, 0.15) is 0 Å². The molecule has 1 spiro atoms. The number of anilines is 1. The predicted molar refractivity (Wildman–Crippen MR) is 147 cm³/mol. The van der Waals surface area contributed by atoms with E-state index < -0.39 is 46.9 Å². The number of benzene rings is 4. The number of carbonyl (C=O) groups is 4. The maximum Gasteiger partial charge on any atom is 0.241 e. The van der Waals surface area contributed by atoms with Crippen molar-refractivity contribution in [2.75, 3.05) is 4.90 Å². The minimum atomic E-state index is -2.09. The molecule has 2 aliphatic heterocycles. The third-order valence-electron chi connectivity index (χ3n) is 7.95. The zero-order chi connectivity index (χ0) is 26.9. The van der Waals surface area contributed by atoms with Crippen LogP contribution in [0.1, 0.15) is 32.4 Å². The summed E-state index contributed by atoms with van der Waals surface area (Å²) in [6.07, 6.45) is -0.959. The number of nitrogens with zero attached hydrogens (tertiary/aromatic N) is 1. The van der Waals surface area contributed by atoms with Crippen molar-refractivity contribution in [3.8, 4) is 11.1 Å². The number of Topliss-reactive ketones (excluding diaryl/α,β-unsaturated/α-hetero) is 2. The summed E-state index contributed by atoms with van der Waals surface area (Å²) in [5, 5.41) is 0. The summed E-state index contributed by atoms with van der Waals surface area (Å²) in [7, 11) is 0. The van der Waals surface area contributed by atoms with E-state index >= 15 is 0 Å². The molecular formula is C32H20BrNO5. The zero-order valence-electron chi connectivity index (χ0n) is 20.4. The second-order valence-electron chi connectivity index (χ2n) is 9.96. The first kappa shape index (κ1) is 23.9. The molecule has 0 aromatic heterocycles. The number of hydrogen-bond donors (Lipinski definition) is 0. The van der Waals surface area contributed by atoms with Gasteiger partial charge in [-0.25, -0.2) is 4.90 Å². The molecule has 39 heavy (non-hydrogen) atoms. The average Bonchev–Trinajstić information content (AvgIpc) is 3.54. The van der Waals surface area contributed by atoms with Gasteiger partial charge in [-0.05, 0) is 41.0 Å². The van der Waals surface area contributed by atoms with Crippen LogP contribution >= 0.6 is 15.9 Å². The van der Waals surface area contributed by atoms with Crippen LogP contribution < -0.4 is 4.90 Å². The maximum atomic E-state index is 14.0. The standard InChI is InChI=1S/C32H20BrNO5/c33-21-14-16-22(17-15-21)34-30(37)25-26(31(34)38)32(28(35)23-8-4-5-9-24(23)29(32)36)39-27(25)20-12-10-19(11-13-20)18-6-2-1-3-7-18/h1-17,25-27H/t25-,26+,27-/m0/s1. The molecule has 7 rings (SSSR count). The maximum absolute atomic E-state index is 14.0. The van der Waals surface area contributed by atoms with Crippen molar-refractivity contribution in [1.82, 2.24) is 0 Å². The van der Waals surface area contributed by atoms with Crippen molar-refractivity contribution in [2.45, 2.75) is 11.7 Å². The SMILES string of the molecule is O=C1[C@@H]2[C@H](c3ccc(-c4ccccc4)cc3)OC3(C(=O)c4ccccc4C3=O)[C@H]2C(=O)N1c1ccc(Br)cc1. The molecule has 3 atom stereocenters. The fraction of sp³-hybridized carbons (Fsp3) is 0.125. The summed E-state index contributed by atoms with van der Waals surface area (Å²) in [4.78, 5) is 56.9. The Morgan fingerprint density at radius 3 is 1.82 bits per heavy atom. The highest BCUT2D eigenvalue weighted by Crippen LogP contribution is 2.57. The third kappa shape index (κ3) is 3.30. The van der Waals surface area contributed by atoms with Crippen molar-refractivity contribution in [2.24, 2.45) is 11.8 Å². The highest BCUT2D eigenvalue weighted by atomic mass is 79.9. The van der Waals surface area contributed by atoms with Crippen molar-refractivity contribution >= 4 is 45.0 Å². The van der Waals surface area contributed by atoms with Gasteiger partial charge in [0.15, 0.2) is 0 Å². The lowest BCUT2D eigenvalue weighted by atomic mass is 9.77. The molecule has 0 unspecified atom stereocenters. The molecule has 4 aromatic rings. The third-order valence-corrected chi connectivity index (χ3v) is 8.48. The lowest BCUT2D eigenvalue weighted by Crippen LogP contribution is -2.51. The predicted octanol–water partition coefficient (Wildman–Crippen LogP) is 5.81. The van der Waals surface area contributed by atoms with E-state index in [1.54, 1.807) is 48.5 Å². The molecule has 2 saturated heterocycles. The fourth-order valence-corrected chi connectivity index (χ4v) is 6.42. The molecule has 1 aliphatic carbocycles. The number of amides is 2. The second kappa shape index (κ2) is 8.66. The van der Waals surface area contributed by atoms with Gasteiger partial charge in [0.2, 0.25) is 29.0 Å². The summed E-state index contributed by atoms with van der Waals surface area (Å²) in [6, 6.07) is 30.6. The van der Waals surface area contributed by atoms with E-state index in [9.17, 15) is 19.2 Å². The minimum Gasteiger partial charge on any atom is -0.349 e. The molecule has 2 fully saturated rings. The molecule has 0 bridgehead atoms. The molecule has 3 aliphatic rings. The zero-order valence-corrected chi connectivity index (χ0v) is 22.0. The Morgan fingerprint density at radius 2 is 1.21 bits per heavy atom. The molecule has 0 saturated carbocycles. The van der Waals surface area contributed by atoms with Crippen LogP contribution in [0, 0.1) is 11.8 Å². The number of fused-ring (bicyclic) bond motifs is 3. The van der Waals surface area contributed by atoms with Gasteiger partial charge in [-0.2, -0.15) is 0 Å². The number of ketones is 2. The summed E-state index contributed by atoms with van der Waals surface area (Å²) in [6.45, 7) is 0. The van der Waals surface area contributed by atoms with Crippen LogP contribution in [0.3, 0.4) is 0 Å². The first-order valence-corrected chi connectivity index (χ1v) is 13.4. The van der Waals surface area contributed by atoms with Gasteiger partial charge in [0, 0.05) is 15.6 Å². The van der Waals surface area contributed by atoms with Crippen LogP contribution in [0.4, 0.5) is 5.69 Å². The van der Waals surface area contributed by atoms with E-state index in [2.05, 4.69) is 15.9 Å². The minimum absolute atomic E-state index is 0.212. The number of ether oxygens (including phenoxy) is 1. The first-order chi connectivity index (χ1) is 18.9. The van der Waals surface area contributed by atoms with Crippen LogP contribution in [0.5, 0.6) is 0 Å². The molecule has 6 nitrogen and oxygen atoms in total. The molecule has 2 heterocycles. The van der Waals surface area contributed by atoms with Gasteiger partial charge < -0.3 is 4.74 Å². The van der Waals surface area contributed by atoms with E-state index in [4.69, 9.17) is 4.74 Å². The van der Waals surface area contributed by atoms with Crippen molar-refractivity contribution in [3.05, 3.63) is 124 Å². The van der Waals surface area contributed by atoms with Crippen LogP contribution in [0.25, 0.3) is 11.1 Å². The van der Waals surface area contributed by atoms with Gasteiger partial charge >= 0.3 is 0 Å². The van der Waals surface area contributed by atoms with Gasteiger partial charge in [-0.3, -0.25) is 19.2 Å². The second-order valence-corrected chi connectivity index (χ2v) is 10.9. The molecule has 7 heteroatoms. The fourth-order valence-electron chi connectivity index (χ4n) is 6.16. The topological polar surface area (TPSA) is 80.8 Å². The van der Waals surface area contributed by atoms with E-state index in [0.717, 1.165) is 20.5 Å². The molecule has 0 radical (unpaired) electrons. The summed E-state index contributed by atoms with van der Waals surface area (Å²) < 4.78 is 7.17. The normalized spacial score (nSPS) is 23.0. The van der Waals surface area contributed by atoms with Crippen LogP contribution in [0.2, 0.25) is 0 Å². The largest absolute Gasteiger partial charge is 0.349 e. The summed E-state index contributed by atoms with van der Waals surface area (Å²) in [5.74, 6) is -4.55. The molecular weight excluding hydrogens is 558 g/mol.